The fourth-order valence-electron chi connectivity index (χ4n) is 3.06. The third-order valence-corrected chi connectivity index (χ3v) is 4.02. The molecule has 2 nitrogen and oxygen atoms in total. The van der Waals surface area contributed by atoms with Crippen LogP contribution in [0.1, 0.15) is 57.8 Å². The summed E-state index contributed by atoms with van der Waals surface area (Å²) in [6, 6.07) is 1.48. The smallest absolute Gasteiger partial charge is 0.118 e. The van der Waals surface area contributed by atoms with Gasteiger partial charge in [-0.1, -0.05) is 6.42 Å². The number of hydrogen-bond donors (Lipinski definition) is 1. The minimum absolute atomic E-state index is 0.402. The molecule has 0 aliphatic heterocycles. The van der Waals surface area contributed by atoms with Crippen LogP contribution in [-0.4, -0.2) is 27.8 Å². The zero-order valence-electron chi connectivity index (χ0n) is 8.91. The predicted molar refractivity (Wildman–Crippen MR) is 55.9 cm³/mol. The number of hydrogen-bond acceptors (Lipinski definition) is 2. The first-order valence-corrected chi connectivity index (χ1v) is 6.30. The molecule has 0 aromatic rings. The second-order valence-electron chi connectivity index (χ2n) is 5.41. The van der Waals surface area contributed by atoms with Crippen molar-refractivity contribution in [1.29, 1.82) is 0 Å². The summed E-state index contributed by atoms with van der Waals surface area (Å²) in [5.41, 5.74) is -0.402. The standard InChI is InChI=1S/C12H21NO/c14-12(8-2-1-3-9-12)13(10-4-5-10)11-6-7-11/h10-11,14H,1-9H2. The van der Waals surface area contributed by atoms with E-state index in [9.17, 15) is 5.11 Å². The second kappa shape index (κ2) is 3.21. The molecule has 0 unspecified atom stereocenters. The average molecular weight is 195 g/mol. The van der Waals surface area contributed by atoms with Gasteiger partial charge in [-0.2, -0.15) is 0 Å². The molecule has 0 amide bonds. The van der Waals surface area contributed by atoms with Crippen LogP contribution in [0.2, 0.25) is 0 Å². The van der Waals surface area contributed by atoms with Gasteiger partial charge in [-0.15, -0.1) is 0 Å². The molecule has 1 N–H and O–H groups in total. The van der Waals surface area contributed by atoms with Crippen molar-refractivity contribution in [2.75, 3.05) is 0 Å². The Morgan fingerprint density at radius 1 is 0.857 bits per heavy atom. The fraction of sp³-hybridized carbons (Fsp3) is 1.00. The molecule has 0 radical (unpaired) electrons. The van der Waals surface area contributed by atoms with Crippen LogP contribution in [-0.2, 0) is 0 Å². The van der Waals surface area contributed by atoms with Crippen LogP contribution in [0.3, 0.4) is 0 Å². The Morgan fingerprint density at radius 3 is 1.79 bits per heavy atom. The molecule has 0 aromatic heterocycles. The van der Waals surface area contributed by atoms with Gasteiger partial charge in [0.1, 0.15) is 5.72 Å². The van der Waals surface area contributed by atoms with Crippen LogP contribution in [0.15, 0.2) is 0 Å². The Kier molecular flexibility index (Phi) is 2.10. The largest absolute Gasteiger partial charge is 0.376 e. The molecule has 0 heterocycles. The van der Waals surface area contributed by atoms with Gasteiger partial charge in [-0.25, -0.2) is 0 Å². The van der Waals surface area contributed by atoms with Gasteiger partial charge in [-0.05, 0) is 51.4 Å². The number of nitrogens with zero attached hydrogens (tertiary/aromatic N) is 1. The molecule has 0 saturated heterocycles. The molecular weight excluding hydrogens is 174 g/mol. The lowest BCUT2D eigenvalue weighted by Gasteiger charge is -2.43. The summed E-state index contributed by atoms with van der Waals surface area (Å²) in [5.74, 6) is 0. The monoisotopic (exact) mass is 195 g/mol. The first-order chi connectivity index (χ1) is 6.80. The Bertz CT molecular complexity index is 202. The molecule has 3 aliphatic carbocycles. The van der Waals surface area contributed by atoms with Gasteiger partial charge in [0.2, 0.25) is 0 Å². The van der Waals surface area contributed by atoms with Gasteiger partial charge in [0.25, 0.3) is 0 Å². The van der Waals surface area contributed by atoms with E-state index in [0.29, 0.717) is 0 Å². The van der Waals surface area contributed by atoms with Gasteiger partial charge in [0, 0.05) is 12.1 Å². The van der Waals surface area contributed by atoms with Crippen LogP contribution in [0, 0.1) is 0 Å². The average Bonchev–Trinajstić information content (AvgIpc) is 2.98. The van der Waals surface area contributed by atoms with E-state index >= 15 is 0 Å². The van der Waals surface area contributed by atoms with Crippen molar-refractivity contribution in [1.82, 2.24) is 4.90 Å². The van der Waals surface area contributed by atoms with Crippen LogP contribution >= 0.6 is 0 Å². The van der Waals surface area contributed by atoms with Crippen molar-refractivity contribution in [2.45, 2.75) is 75.6 Å². The minimum Gasteiger partial charge on any atom is -0.376 e. The van der Waals surface area contributed by atoms with Crippen LogP contribution in [0.25, 0.3) is 0 Å². The Morgan fingerprint density at radius 2 is 1.36 bits per heavy atom. The lowest BCUT2D eigenvalue weighted by molar-refractivity contribution is -0.141. The van der Waals surface area contributed by atoms with E-state index in [1.165, 1.54) is 44.9 Å². The second-order valence-corrected chi connectivity index (χ2v) is 5.41. The van der Waals surface area contributed by atoms with Crippen LogP contribution in [0.5, 0.6) is 0 Å². The van der Waals surface area contributed by atoms with Gasteiger partial charge in [0.15, 0.2) is 0 Å². The minimum atomic E-state index is -0.402. The number of aliphatic hydroxyl groups is 1. The molecule has 0 bridgehead atoms. The molecular formula is C12H21NO. The Labute approximate surface area is 86.3 Å². The van der Waals surface area contributed by atoms with Crippen molar-refractivity contribution in [3.05, 3.63) is 0 Å². The van der Waals surface area contributed by atoms with E-state index in [0.717, 1.165) is 24.9 Å². The highest BCUT2D eigenvalue weighted by molar-refractivity contribution is 5.01. The Balaban J connectivity index is 1.74. The van der Waals surface area contributed by atoms with E-state index in [1.54, 1.807) is 0 Å². The molecule has 2 heteroatoms. The number of rotatable bonds is 3. The third kappa shape index (κ3) is 1.59. The quantitative estimate of drug-likeness (QED) is 0.698. The molecule has 80 valence electrons. The molecule has 3 saturated carbocycles. The van der Waals surface area contributed by atoms with Gasteiger partial charge in [0.05, 0.1) is 0 Å². The first kappa shape index (κ1) is 9.17. The van der Waals surface area contributed by atoms with Crippen molar-refractivity contribution in [3.8, 4) is 0 Å². The molecule has 3 fully saturated rings. The van der Waals surface area contributed by atoms with Crippen molar-refractivity contribution >= 4 is 0 Å². The maximum absolute atomic E-state index is 10.7. The van der Waals surface area contributed by atoms with Crippen molar-refractivity contribution < 1.29 is 5.11 Å². The van der Waals surface area contributed by atoms with E-state index in [4.69, 9.17) is 0 Å². The molecule has 3 rings (SSSR count). The molecule has 3 aliphatic rings. The Hall–Kier alpha value is -0.0800. The fourth-order valence-corrected chi connectivity index (χ4v) is 3.06. The highest BCUT2D eigenvalue weighted by atomic mass is 16.3. The highest BCUT2D eigenvalue weighted by Crippen LogP contribution is 2.45. The summed E-state index contributed by atoms with van der Waals surface area (Å²) < 4.78 is 0. The van der Waals surface area contributed by atoms with Crippen LogP contribution in [0.4, 0.5) is 0 Å². The molecule has 0 aromatic carbocycles. The zero-order chi connectivity index (χ0) is 9.60. The highest BCUT2D eigenvalue weighted by Gasteiger charge is 2.49. The summed E-state index contributed by atoms with van der Waals surface area (Å²) in [6.45, 7) is 0. The first-order valence-electron chi connectivity index (χ1n) is 6.30. The lowest BCUT2D eigenvalue weighted by Crippen LogP contribution is -2.52. The van der Waals surface area contributed by atoms with Gasteiger partial charge >= 0.3 is 0 Å². The topological polar surface area (TPSA) is 23.5 Å². The maximum atomic E-state index is 10.7. The summed E-state index contributed by atoms with van der Waals surface area (Å²) in [7, 11) is 0. The summed E-state index contributed by atoms with van der Waals surface area (Å²) >= 11 is 0. The van der Waals surface area contributed by atoms with Crippen molar-refractivity contribution in [3.63, 3.8) is 0 Å². The van der Waals surface area contributed by atoms with Crippen molar-refractivity contribution in [2.24, 2.45) is 0 Å². The zero-order valence-corrected chi connectivity index (χ0v) is 8.91. The third-order valence-electron chi connectivity index (χ3n) is 4.02. The SMILES string of the molecule is OC1(N(C2CC2)C2CC2)CCCCC1. The van der Waals surface area contributed by atoms with E-state index in [2.05, 4.69) is 4.90 Å². The maximum Gasteiger partial charge on any atom is 0.118 e. The lowest BCUT2D eigenvalue weighted by atomic mass is 9.90. The van der Waals surface area contributed by atoms with Gasteiger partial charge < -0.3 is 5.11 Å². The molecule has 0 spiro atoms. The summed E-state index contributed by atoms with van der Waals surface area (Å²) in [6.07, 6.45) is 11.2. The normalized spacial score (nSPS) is 32.1. The van der Waals surface area contributed by atoms with Gasteiger partial charge in [-0.3, -0.25) is 4.90 Å². The van der Waals surface area contributed by atoms with Crippen LogP contribution < -0.4 is 0 Å². The van der Waals surface area contributed by atoms with E-state index < -0.39 is 5.72 Å². The molecule has 14 heavy (non-hydrogen) atoms. The van der Waals surface area contributed by atoms with E-state index in [-0.39, 0.29) is 0 Å². The molecule has 0 atom stereocenters. The van der Waals surface area contributed by atoms with E-state index in [1.807, 2.05) is 0 Å². The summed E-state index contributed by atoms with van der Waals surface area (Å²) in [5, 5.41) is 10.7. The summed E-state index contributed by atoms with van der Waals surface area (Å²) in [4.78, 5) is 2.49. The predicted octanol–water partition coefficient (Wildman–Crippen LogP) is 2.27.